The molecule has 1 aliphatic carbocycles. The molecule has 2 N–H and O–H groups in total. The summed E-state index contributed by atoms with van der Waals surface area (Å²) in [7, 11) is 0. The molecule has 1 rings (SSSR count). The third kappa shape index (κ3) is 2.69. The fraction of sp³-hybridized carbons (Fsp3) is 0.818. The van der Waals surface area contributed by atoms with Gasteiger partial charge in [0.05, 0.1) is 18.2 Å². The van der Waals surface area contributed by atoms with Crippen LogP contribution in [0.5, 0.6) is 0 Å². The topological polar surface area (TPSA) is 73.1 Å². The first-order valence-corrected chi connectivity index (χ1v) is 5.50. The number of carbonyl (C=O) groups excluding carboxylic acids is 1. The molecule has 0 bridgehead atoms. The maximum Gasteiger partial charge on any atom is 0.237 e. The molecule has 4 heteroatoms. The standard InChI is InChI=1S/C11H18N2O2/c1-2-4-9(7-12)10(15)13-11(8-14)5-3-6-11/h9,14H,2-6,8H2,1H3,(H,13,15). The van der Waals surface area contributed by atoms with Gasteiger partial charge in [-0.15, -0.1) is 0 Å². The molecule has 4 nitrogen and oxygen atoms in total. The van der Waals surface area contributed by atoms with Gasteiger partial charge in [0.15, 0.2) is 0 Å². The molecule has 0 radical (unpaired) electrons. The molecule has 0 aromatic carbocycles. The van der Waals surface area contributed by atoms with E-state index in [2.05, 4.69) is 5.32 Å². The van der Waals surface area contributed by atoms with Gasteiger partial charge in [0, 0.05) is 0 Å². The van der Waals surface area contributed by atoms with E-state index in [1.807, 2.05) is 13.0 Å². The molecule has 0 aromatic heterocycles. The zero-order chi connectivity index (χ0) is 11.3. The Morgan fingerprint density at radius 1 is 1.67 bits per heavy atom. The van der Waals surface area contributed by atoms with Crippen LogP contribution >= 0.6 is 0 Å². The van der Waals surface area contributed by atoms with Crippen molar-refractivity contribution in [2.24, 2.45) is 5.92 Å². The van der Waals surface area contributed by atoms with Crippen LogP contribution in [-0.4, -0.2) is 23.2 Å². The van der Waals surface area contributed by atoms with Crippen molar-refractivity contribution in [2.45, 2.75) is 44.6 Å². The third-order valence-electron chi connectivity index (χ3n) is 3.05. The van der Waals surface area contributed by atoms with Crippen LogP contribution in [0.15, 0.2) is 0 Å². The van der Waals surface area contributed by atoms with E-state index in [0.29, 0.717) is 6.42 Å². The summed E-state index contributed by atoms with van der Waals surface area (Å²) in [5, 5.41) is 20.8. The van der Waals surface area contributed by atoms with Gasteiger partial charge in [-0.3, -0.25) is 4.79 Å². The molecule has 1 unspecified atom stereocenters. The smallest absolute Gasteiger partial charge is 0.237 e. The van der Waals surface area contributed by atoms with E-state index < -0.39 is 11.5 Å². The number of hydrogen-bond acceptors (Lipinski definition) is 3. The molecule has 0 saturated heterocycles. The van der Waals surface area contributed by atoms with Crippen LogP contribution in [0.25, 0.3) is 0 Å². The molecule has 1 aliphatic rings. The van der Waals surface area contributed by atoms with Crippen LogP contribution in [0.1, 0.15) is 39.0 Å². The van der Waals surface area contributed by atoms with Gasteiger partial charge < -0.3 is 10.4 Å². The molecule has 0 heterocycles. The average molecular weight is 210 g/mol. The largest absolute Gasteiger partial charge is 0.394 e. The first-order valence-electron chi connectivity index (χ1n) is 5.50. The molecule has 0 aliphatic heterocycles. The van der Waals surface area contributed by atoms with Crippen molar-refractivity contribution in [1.29, 1.82) is 5.26 Å². The van der Waals surface area contributed by atoms with E-state index in [1.54, 1.807) is 0 Å². The number of aliphatic hydroxyl groups excluding tert-OH is 1. The van der Waals surface area contributed by atoms with E-state index in [0.717, 1.165) is 25.7 Å². The first kappa shape index (κ1) is 12.0. The number of carbonyl (C=O) groups is 1. The molecule has 1 amide bonds. The van der Waals surface area contributed by atoms with E-state index in [-0.39, 0.29) is 12.5 Å². The molecule has 1 fully saturated rings. The average Bonchev–Trinajstić information content (AvgIpc) is 2.19. The zero-order valence-electron chi connectivity index (χ0n) is 9.12. The Morgan fingerprint density at radius 3 is 2.67 bits per heavy atom. The van der Waals surface area contributed by atoms with E-state index in [1.165, 1.54) is 0 Å². The lowest BCUT2D eigenvalue weighted by Gasteiger charge is -2.41. The maximum absolute atomic E-state index is 11.7. The van der Waals surface area contributed by atoms with E-state index in [4.69, 9.17) is 5.26 Å². The Hall–Kier alpha value is -1.08. The second-order valence-corrected chi connectivity index (χ2v) is 4.25. The highest BCUT2D eigenvalue weighted by molar-refractivity contribution is 5.81. The third-order valence-corrected chi connectivity index (χ3v) is 3.05. The minimum atomic E-state index is -0.570. The number of amides is 1. The molecule has 0 aromatic rings. The highest BCUT2D eigenvalue weighted by Crippen LogP contribution is 2.31. The molecule has 1 atom stereocenters. The van der Waals surface area contributed by atoms with Crippen LogP contribution < -0.4 is 5.32 Å². The summed E-state index contributed by atoms with van der Waals surface area (Å²) in [6, 6.07) is 2.00. The van der Waals surface area contributed by atoms with Crippen LogP contribution in [0, 0.1) is 17.2 Å². The van der Waals surface area contributed by atoms with Gasteiger partial charge in [0.2, 0.25) is 5.91 Å². The first-order chi connectivity index (χ1) is 7.17. The van der Waals surface area contributed by atoms with Crippen LogP contribution in [0.4, 0.5) is 0 Å². The molecule has 15 heavy (non-hydrogen) atoms. The number of nitriles is 1. The van der Waals surface area contributed by atoms with Gasteiger partial charge in [-0.2, -0.15) is 5.26 Å². The Balaban J connectivity index is 2.50. The van der Waals surface area contributed by atoms with Gasteiger partial charge in [0.1, 0.15) is 5.92 Å². The molecule has 84 valence electrons. The maximum atomic E-state index is 11.7. The SMILES string of the molecule is CCCC(C#N)C(=O)NC1(CO)CCC1. The van der Waals surface area contributed by atoms with Crippen molar-refractivity contribution in [2.75, 3.05) is 6.61 Å². The minimum absolute atomic E-state index is 0.0248. The lowest BCUT2D eigenvalue weighted by Crippen LogP contribution is -2.57. The normalized spacial score (nSPS) is 19.8. The monoisotopic (exact) mass is 210 g/mol. The van der Waals surface area contributed by atoms with Gasteiger partial charge in [-0.25, -0.2) is 0 Å². The van der Waals surface area contributed by atoms with Gasteiger partial charge in [-0.05, 0) is 25.7 Å². The predicted molar refractivity (Wildman–Crippen MR) is 55.8 cm³/mol. The van der Waals surface area contributed by atoms with Crippen molar-refractivity contribution in [3.8, 4) is 6.07 Å². The zero-order valence-corrected chi connectivity index (χ0v) is 9.12. The predicted octanol–water partition coefficient (Wildman–Crippen LogP) is 0.957. The summed E-state index contributed by atoms with van der Waals surface area (Å²) in [5.74, 6) is -0.799. The van der Waals surface area contributed by atoms with E-state index in [9.17, 15) is 9.90 Å². The Kier molecular flexibility index (Phi) is 4.10. The summed E-state index contributed by atoms with van der Waals surface area (Å²) in [6.45, 7) is 1.92. The fourth-order valence-corrected chi connectivity index (χ4v) is 1.82. The number of rotatable bonds is 5. The van der Waals surface area contributed by atoms with Crippen molar-refractivity contribution in [3.05, 3.63) is 0 Å². The van der Waals surface area contributed by atoms with Crippen molar-refractivity contribution in [1.82, 2.24) is 5.32 Å². The van der Waals surface area contributed by atoms with Gasteiger partial charge in [0.25, 0.3) is 0 Å². The minimum Gasteiger partial charge on any atom is -0.394 e. The second kappa shape index (κ2) is 5.13. The summed E-state index contributed by atoms with van der Waals surface area (Å²) < 4.78 is 0. The highest BCUT2D eigenvalue weighted by Gasteiger charge is 2.38. The summed E-state index contributed by atoms with van der Waals surface area (Å²) in [5.41, 5.74) is -0.431. The van der Waals surface area contributed by atoms with Gasteiger partial charge >= 0.3 is 0 Å². The van der Waals surface area contributed by atoms with Gasteiger partial charge in [-0.1, -0.05) is 13.3 Å². The quantitative estimate of drug-likeness (QED) is 0.709. The number of aliphatic hydroxyl groups is 1. The Labute approximate surface area is 90.3 Å². The number of nitrogens with one attached hydrogen (secondary N) is 1. The summed E-state index contributed by atoms with van der Waals surface area (Å²) >= 11 is 0. The Morgan fingerprint density at radius 2 is 2.33 bits per heavy atom. The summed E-state index contributed by atoms with van der Waals surface area (Å²) in [6.07, 6.45) is 4.08. The number of hydrogen-bond donors (Lipinski definition) is 2. The lowest BCUT2D eigenvalue weighted by molar-refractivity contribution is -0.127. The van der Waals surface area contributed by atoms with Crippen LogP contribution in [0.3, 0.4) is 0 Å². The lowest BCUT2D eigenvalue weighted by atomic mass is 9.77. The highest BCUT2D eigenvalue weighted by atomic mass is 16.3. The number of nitrogens with zero attached hydrogens (tertiary/aromatic N) is 1. The van der Waals surface area contributed by atoms with Crippen molar-refractivity contribution >= 4 is 5.91 Å². The Bertz CT molecular complexity index is 261. The van der Waals surface area contributed by atoms with E-state index >= 15 is 0 Å². The summed E-state index contributed by atoms with van der Waals surface area (Å²) in [4.78, 5) is 11.7. The van der Waals surface area contributed by atoms with Crippen molar-refractivity contribution in [3.63, 3.8) is 0 Å². The second-order valence-electron chi connectivity index (χ2n) is 4.25. The van der Waals surface area contributed by atoms with Crippen molar-refractivity contribution < 1.29 is 9.90 Å². The molecular formula is C11H18N2O2. The van der Waals surface area contributed by atoms with Crippen LogP contribution in [-0.2, 0) is 4.79 Å². The molecular weight excluding hydrogens is 192 g/mol. The van der Waals surface area contributed by atoms with Crippen LogP contribution in [0.2, 0.25) is 0 Å². The fourth-order valence-electron chi connectivity index (χ4n) is 1.82. The molecule has 0 spiro atoms. The molecule has 1 saturated carbocycles.